The first-order valence-corrected chi connectivity index (χ1v) is 5.78. The molecule has 2 atom stereocenters. The average Bonchev–Trinajstić information content (AvgIpc) is 2.01. The Balaban J connectivity index is 3.90. The highest BCUT2D eigenvalue weighted by atomic mass is 16.3. The Labute approximate surface area is 88.3 Å². The summed E-state index contributed by atoms with van der Waals surface area (Å²) in [5.74, 6) is 0. The van der Waals surface area contributed by atoms with Gasteiger partial charge >= 0.3 is 0 Å². The van der Waals surface area contributed by atoms with E-state index >= 15 is 0 Å². The van der Waals surface area contributed by atoms with Crippen molar-refractivity contribution in [3.63, 3.8) is 0 Å². The fourth-order valence-electron chi connectivity index (χ4n) is 1.87. The number of rotatable bonds is 7. The summed E-state index contributed by atoms with van der Waals surface area (Å²) >= 11 is 0. The van der Waals surface area contributed by atoms with E-state index in [2.05, 4.69) is 13.8 Å². The molecule has 0 aliphatic rings. The molecule has 0 amide bonds. The molecule has 0 unspecified atom stereocenters. The zero-order chi connectivity index (χ0) is 11.2. The van der Waals surface area contributed by atoms with Crippen LogP contribution in [-0.2, 0) is 0 Å². The molecule has 86 valence electrons. The normalized spacial score (nSPS) is 20.1. The highest BCUT2D eigenvalue weighted by molar-refractivity contribution is 4.79. The predicted octanol–water partition coefficient (Wildman–Crippen LogP) is 2.87. The third kappa shape index (κ3) is 6.39. The van der Waals surface area contributed by atoms with Gasteiger partial charge in [-0.1, -0.05) is 26.7 Å². The Hall–Kier alpha value is -0.0800. The van der Waals surface area contributed by atoms with Gasteiger partial charge in [0.1, 0.15) is 0 Å². The lowest BCUT2D eigenvalue weighted by atomic mass is 9.87. The molecule has 2 nitrogen and oxygen atoms in total. The van der Waals surface area contributed by atoms with Crippen molar-refractivity contribution in [3.05, 3.63) is 0 Å². The van der Waals surface area contributed by atoms with Crippen LogP contribution in [0.5, 0.6) is 0 Å². The fraction of sp³-hybridized carbons (Fsp3) is 1.00. The highest BCUT2D eigenvalue weighted by Gasteiger charge is 2.25. The molecule has 0 aliphatic carbocycles. The Morgan fingerprint density at radius 3 is 1.21 bits per heavy atom. The van der Waals surface area contributed by atoms with Crippen LogP contribution in [0.2, 0.25) is 0 Å². The van der Waals surface area contributed by atoms with E-state index in [4.69, 9.17) is 0 Å². The molecule has 14 heavy (non-hydrogen) atoms. The summed E-state index contributed by atoms with van der Waals surface area (Å²) in [6, 6.07) is 0. The molecule has 0 aliphatic heterocycles. The maximum atomic E-state index is 9.93. The molecule has 0 heterocycles. The van der Waals surface area contributed by atoms with Crippen LogP contribution in [0.1, 0.15) is 66.2 Å². The number of hydrogen-bond acceptors (Lipinski definition) is 2. The molecule has 0 aromatic rings. The van der Waals surface area contributed by atoms with Crippen molar-refractivity contribution in [3.8, 4) is 0 Å². The second-order valence-electron chi connectivity index (χ2n) is 4.99. The van der Waals surface area contributed by atoms with Gasteiger partial charge in [0.25, 0.3) is 0 Å². The minimum atomic E-state index is -0.605. The Morgan fingerprint density at radius 1 is 0.714 bits per heavy atom. The maximum absolute atomic E-state index is 9.93. The van der Waals surface area contributed by atoms with Crippen LogP contribution in [-0.4, -0.2) is 21.4 Å². The number of hydrogen-bond donors (Lipinski definition) is 2. The molecular weight excluding hydrogens is 176 g/mol. The standard InChI is InChI=1S/C12H26O2/c1-5-7-11(3,13)9-10-12(4,14)8-6-2/h13-14H,5-10H2,1-4H3/t11-,12+. The Kier molecular flexibility index (Phi) is 5.68. The quantitative estimate of drug-likeness (QED) is 0.666. The van der Waals surface area contributed by atoms with Gasteiger partial charge in [-0.2, -0.15) is 0 Å². The van der Waals surface area contributed by atoms with Crippen LogP contribution in [0.15, 0.2) is 0 Å². The van der Waals surface area contributed by atoms with Crippen LogP contribution in [0.4, 0.5) is 0 Å². The van der Waals surface area contributed by atoms with Crippen molar-refractivity contribution in [2.75, 3.05) is 0 Å². The largest absolute Gasteiger partial charge is 0.390 e. The third-order valence-electron chi connectivity index (χ3n) is 2.78. The summed E-state index contributed by atoms with van der Waals surface area (Å²) < 4.78 is 0. The van der Waals surface area contributed by atoms with Crippen molar-refractivity contribution in [1.29, 1.82) is 0 Å². The van der Waals surface area contributed by atoms with Crippen molar-refractivity contribution >= 4 is 0 Å². The van der Waals surface area contributed by atoms with Gasteiger partial charge in [-0.3, -0.25) is 0 Å². The average molecular weight is 202 g/mol. The molecule has 0 aromatic carbocycles. The molecule has 0 saturated heterocycles. The van der Waals surface area contributed by atoms with Crippen LogP contribution < -0.4 is 0 Å². The van der Waals surface area contributed by atoms with Crippen LogP contribution in [0, 0.1) is 0 Å². The fourth-order valence-corrected chi connectivity index (χ4v) is 1.87. The lowest BCUT2D eigenvalue weighted by molar-refractivity contribution is -0.0113. The van der Waals surface area contributed by atoms with Crippen molar-refractivity contribution in [2.24, 2.45) is 0 Å². The number of aliphatic hydroxyl groups is 2. The summed E-state index contributed by atoms with van der Waals surface area (Å²) in [6.07, 6.45) is 4.98. The first kappa shape index (κ1) is 13.9. The van der Waals surface area contributed by atoms with E-state index in [1.165, 1.54) is 0 Å². The molecule has 2 N–H and O–H groups in total. The first-order valence-electron chi connectivity index (χ1n) is 5.78. The van der Waals surface area contributed by atoms with E-state index < -0.39 is 11.2 Å². The van der Waals surface area contributed by atoms with Gasteiger partial charge in [-0.15, -0.1) is 0 Å². The molecule has 0 fully saturated rings. The zero-order valence-corrected chi connectivity index (χ0v) is 10.1. The van der Waals surface area contributed by atoms with Gasteiger partial charge in [0.05, 0.1) is 11.2 Å². The third-order valence-corrected chi connectivity index (χ3v) is 2.78. The van der Waals surface area contributed by atoms with Gasteiger partial charge in [0, 0.05) is 0 Å². The summed E-state index contributed by atoms with van der Waals surface area (Å²) in [5.41, 5.74) is -1.21. The van der Waals surface area contributed by atoms with E-state index in [1.807, 2.05) is 13.8 Å². The second kappa shape index (κ2) is 5.72. The van der Waals surface area contributed by atoms with Gasteiger partial charge in [0.2, 0.25) is 0 Å². The summed E-state index contributed by atoms with van der Waals surface area (Å²) in [5, 5.41) is 19.9. The minimum absolute atomic E-state index is 0.605. The Morgan fingerprint density at radius 2 is 1.00 bits per heavy atom. The first-order chi connectivity index (χ1) is 6.33. The van der Waals surface area contributed by atoms with Crippen molar-refractivity contribution in [1.82, 2.24) is 0 Å². The molecule has 0 rings (SSSR count). The smallest absolute Gasteiger partial charge is 0.0620 e. The van der Waals surface area contributed by atoms with Crippen LogP contribution in [0.25, 0.3) is 0 Å². The molecular formula is C12H26O2. The monoisotopic (exact) mass is 202 g/mol. The van der Waals surface area contributed by atoms with Gasteiger partial charge in [-0.25, -0.2) is 0 Å². The second-order valence-corrected chi connectivity index (χ2v) is 4.99. The van der Waals surface area contributed by atoms with E-state index in [-0.39, 0.29) is 0 Å². The topological polar surface area (TPSA) is 40.5 Å². The van der Waals surface area contributed by atoms with E-state index in [0.29, 0.717) is 12.8 Å². The van der Waals surface area contributed by atoms with Crippen LogP contribution in [0.3, 0.4) is 0 Å². The molecule has 0 bridgehead atoms. The summed E-state index contributed by atoms with van der Waals surface area (Å²) in [7, 11) is 0. The molecule has 0 aromatic heterocycles. The summed E-state index contributed by atoms with van der Waals surface area (Å²) in [4.78, 5) is 0. The highest BCUT2D eigenvalue weighted by Crippen LogP contribution is 2.25. The van der Waals surface area contributed by atoms with E-state index in [0.717, 1.165) is 25.7 Å². The van der Waals surface area contributed by atoms with Crippen molar-refractivity contribution < 1.29 is 10.2 Å². The lowest BCUT2D eigenvalue weighted by Gasteiger charge is -2.29. The summed E-state index contributed by atoms with van der Waals surface area (Å²) in [6.45, 7) is 7.86. The van der Waals surface area contributed by atoms with E-state index in [9.17, 15) is 10.2 Å². The SMILES string of the molecule is CCC[C@](C)(O)CC[C@](C)(O)CCC. The van der Waals surface area contributed by atoms with Crippen molar-refractivity contribution in [2.45, 2.75) is 77.4 Å². The lowest BCUT2D eigenvalue weighted by Crippen LogP contribution is -2.31. The molecule has 0 radical (unpaired) electrons. The molecule has 0 spiro atoms. The molecule has 2 heteroatoms. The van der Waals surface area contributed by atoms with Gasteiger partial charge in [-0.05, 0) is 39.5 Å². The van der Waals surface area contributed by atoms with Crippen LogP contribution >= 0.6 is 0 Å². The van der Waals surface area contributed by atoms with Gasteiger partial charge in [0.15, 0.2) is 0 Å². The zero-order valence-electron chi connectivity index (χ0n) is 10.1. The molecule has 0 saturated carbocycles. The Bertz CT molecular complexity index is 132. The predicted molar refractivity (Wildman–Crippen MR) is 60.3 cm³/mol. The van der Waals surface area contributed by atoms with E-state index in [1.54, 1.807) is 0 Å². The van der Waals surface area contributed by atoms with Gasteiger partial charge < -0.3 is 10.2 Å². The maximum Gasteiger partial charge on any atom is 0.0620 e. The minimum Gasteiger partial charge on any atom is -0.390 e.